The molecule has 1 rings (SSSR count). The van der Waals surface area contributed by atoms with Gasteiger partial charge in [0.25, 0.3) is 0 Å². The zero-order valence-electron chi connectivity index (χ0n) is 9.92. The van der Waals surface area contributed by atoms with Gasteiger partial charge in [-0.1, -0.05) is 34.8 Å². The zero-order chi connectivity index (χ0) is 12.5. The quantitative estimate of drug-likeness (QED) is 0.479. The Bertz CT molecular complexity index is 352. The minimum absolute atomic E-state index is 0.314. The Morgan fingerprint density at radius 3 is 2.71 bits per heavy atom. The van der Waals surface area contributed by atoms with Gasteiger partial charge in [-0.25, -0.2) is 4.39 Å². The van der Waals surface area contributed by atoms with Gasteiger partial charge in [0.2, 0.25) is 0 Å². The lowest BCUT2D eigenvalue weighted by molar-refractivity contribution is 0.290. The van der Waals surface area contributed by atoms with Crippen LogP contribution in [0.1, 0.15) is 32.1 Å². The van der Waals surface area contributed by atoms with Gasteiger partial charge in [0, 0.05) is 4.47 Å². The molecule has 1 nitrogen and oxygen atoms in total. The number of hydrogen-bond donors (Lipinski definition) is 0. The van der Waals surface area contributed by atoms with Crippen LogP contribution in [0.15, 0.2) is 35.3 Å². The highest BCUT2D eigenvalue weighted by atomic mass is 79.9. The zero-order valence-corrected chi connectivity index (χ0v) is 11.5. The third-order valence-corrected chi connectivity index (χ3v) is 2.95. The first-order valence-corrected chi connectivity index (χ1v) is 6.72. The van der Waals surface area contributed by atoms with Crippen molar-refractivity contribution in [2.45, 2.75) is 32.1 Å². The van der Waals surface area contributed by atoms with Gasteiger partial charge in [-0.05, 0) is 37.5 Å². The number of allylic oxidation sites excluding steroid dienone is 1. The summed E-state index contributed by atoms with van der Waals surface area (Å²) in [6, 6.07) is 4.85. The van der Waals surface area contributed by atoms with Crippen LogP contribution in [-0.2, 0) is 0 Å². The van der Waals surface area contributed by atoms with Gasteiger partial charge >= 0.3 is 0 Å². The molecule has 0 aliphatic rings. The smallest absolute Gasteiger partial charge is 0.166 e. The molecule has 0 unspecified atom stereocenters. The molecule has 0 atom stereocenters. The van der Waals surface area contributed by atoms with Crippen LogP contribution in [-0.4, -0.2) is 6.61 Å². The summed E-state index contributed by atoms with van der Waals surface area (Å²) in [7, 11) is 0. The standard InChI is InChI=1S/C14H18BrFO/c1-2-3-4-5-6-7-10-17-14-9-8-12(15)11-13(14)16/h2,8-9,11H,1,3-7,10H2. The van der Waals surface area contributed by atoms with Crippen LogP contribution in [0.25, 0.3) is 0 Å². The summed E-state index contributed by atoms with van der Waals surface area (Å²) in [6.45, 7) is 4.26. The molecular formula is C14H18BrFO. The lowest BCUT2D eigenvalue weighted by Gasteiger charge is -2.07. The highest BCUT2D eigenvalue weighted by Gasteiger charge is 2.03. The van der Waals surface area contributed by atoms with Crippen molar-refractivity contribution in [2.75, 3.05) is 6.61 Å². The lowest BCUT2D eigenvalue weighted by Crippen LogP contribution is -1.99. The van der Waals surface area contributed by atoms with Gasteiger partial charge < -0.3 is 4.74 Å². The van der Waals surface area contributed by atoms with E-state index in [1.807, 2.05) is 6.08 Å². The van der Waals surface area contributed by atoms with Crippen molar-refractivity contribution in [1.29, 1.82) is 0 Å². The van der Waals surface area contributed by atoms with Crippen LogP contribution in [0, 0.1) is 5.82 Å². The molecule has 0 saturated heterocycles. The van der Waals surface area contributed by atoms with Crippen LogP contribution in [0.2, 0.25) is 0 Å². The number of unbranched alkanes of at least 4 members (excludes halogenated alkanes) is 4. The summed E-state index contributed by atoms with van der Waals surface area (Å²) < 4.78 is 19.5. The van der Waals surface area contributed by atoms with Gasteiger partial charge in [0.05, 0.1) is 6.61 Å². The molecule has 0 N–H and O–H groups in total. The average molecular weight is 301 g/mol. The SMILES string of the molecule is C=CCCCCCCOc1ccc(Br)cc1F. The second kappa shape index (κ2) is 8.29. The van der Waals surface area contributed by atoms with Crippen molar-refractivity contribution in [1.82, 2.24) is 0 Å². The molecule has 3 heteroatoms. The van der Waals surface area contributed by atoms with Crippen LogP contribution in [0.4, 0.5) is 4.39 Å². The fraction of sp³-hybridized carbons (Fsp3) is 0.429. The van der Waals surface area contributed by atoms with Crippen molar-refractivity contribution in [3.63, 3.8) is 0 Å². The van der Waals surface area contributed by atoms with Crippen LogP contribution in [0.3, 0.4) is 0 Å². The molecule has 0 spiro atoms. The summed E-state index contributed by atoms with van der Waals surface area (Å²) in [4.78, 5) is 0. The molecule has 0 amide bonds. The Morgan fingerprint density at radius 2 is 2.00 bits per heavy atom. The summed E-state index contributed by atoms with van der Waals surface area (Å²) in [5.41, 5.74) is 0. The largest absolute Gasteiger partial charge is 0.491 e. The molecule has 0 bridgehead atoms. The second-order valence-corrected chi connectivity index (χ2v) is 4.83. The number of ether oxygens (including phenoxy) is 1. The van der Waals surface area contributed by atoms with E-state index in [1.54, 1.807) is 12.1 Å². The molecule has 0 saturated carbocycles. The van der Waals surface area contributed by atoms with Gasteiger partial charge in [0.15, 0.2) is 11.6 Å². The Kier molecular flexibility index (Phi) is 6.94. The number of rotatable bonds is 8. The predicted octanol–water partition coefficient (Wildman–Crippen LogP) is 5.10. The van der Waals surface area contributed by atoms with Gasteiger partial charge in [0.1, 0.15) is 0 Å². The van der Waals surface area contributed by atoms with E-state index in [-0.39, 0.29) is 5.82 Å². The van der Waals surface area contributed by atoms with Gasteiger partial charge in [-0.2, -0.15) is 0 Å². The van der Waals surface area contributed by atoms with E-state index in [0.717, 1.165) is 23.7 Å². The summed E-state index contributed by atoms with van der Waals surface area (Å²) in [5.74, 6) is 0.0188. The van der Waals surface area contributed by atoms with Gasteiger partial charge in [-0.15, -0.1) is 6.58 Å². The number of halogens is 2. The van der Waals surface area contributed by atoms with Crippen molar-refractivity contribution < 1.29 is 9.13 Å². The van der Waals surface area contributed by atoms with E-state index in [4.69, 9.17) is 4.74 Å². The molecule has 0 aliphatic carbocycles. The Hall–Kier alpha value is -0.830. The molecule has 0 aromatic heterocycles. The normalized spacial score (nSPS) is 10.2. The predicted molar refractivity (Wildman–Crippen MR) is 72.9 cm³/mol. The summed E-state index contributed by atoms with van der Waals surface area (Å²) in [5, 5.41) is 0. The Balaban J connectivity index is 2.15. The Morgan fingerprint density at radius 1 is 1.24 bits per heavy atom. The first-order valence-electron chi connectivity index (χ1n) is 5.93. The minimum Gasteiger partial charge on any atom is -0.491 e. The van der Waals surface area contributed by atoms with Crippen LogP contribution >= 0.6 is 15.9 Å². The highest BCUT2D eigenvalue weighted by Crippen LogP contribution is 2.21. The van der Waals surface area contributed by atoms with Crippen LogP contribution < -0.4 is 4.74 Å². The molecule has 0 heterocycles. The van der Waals surface area contributed by atoms with E-state index >= 15 is 0 Å². The van der Waals surface area contributed by atoms with E-state index < -0.39 is 0 Å². The van der Waals surface area contributed by atoms with Crippen LogP contribution in [0.5, 0.6) is 5.75 Å². The Labute approximate surface area is 111 Å². The molecule has 94 valence electrons. The first-order chi connectivity index (χ1) is 8.24. The molecule has 17 heavy (non-hydrogen) atoms. The lowest BCUT2D eigenvalue weighted by atomic mass is 10.1. The molecule has 1 aromatic carbocycles. The molecule has 0 fully saturated rings. The third kappa shape index (κ3) is 5.87. The van der Waals surface area contributed by atoms with Crippen molar-refractivity contribution >= 4 is 15.9 Å². The van der Waals surface area contributed by atoms with Crippen molar-refractivity contribution in [3.05, 3.63) is 41.1 Å². The highest BCUT2D eigenvalue weighted by molar-refractivity contribution is 9.10. The van der Waals surface area contributed by atoms with E-state index in [2.05, 4.69) is 22.5 Å². The third-order valence-electron chi connectivity index (χ3n) is 2.45. The summed E-state index contributed by atoms with van der Waals surface area (Å²) >= 11 is 3.21. The monoisotopic (exact) mass is 300 g/mol. The fourth-order valence-electron chi connectivity index (χ4n) is 1.52. The average Bonchev–Trinajstić information content (AvgIpc) is 2.30. The number of hydrogen-bond acceptors (Lipinski definition) is 1. The molecule has 0 radical (unpaired) electrons. The topological polar surface area (TPSA) is 9.23 Å². The summed E-state index contributed by atoms with van der Waals surface area (Å²) in [6.07, 6.45) is 7.45. The van der Waals surface area contributed by atoms with Gasteiger partial charge in [-0.3, -0.25) is 0 Å². The second-order valence-electron chi connectivity index (χ2n) is 3.91. The molecular weight excluding hydrogens is 283 g/mol. The first kappa shape index (κ1) is 14.2. The molecule has 0 aliphatic heterocycles. The van der Waals surface area contributed by atoms with E-state index in [0.29, 0.717) is 12.4 Å². The minimum atomic E-state index is -0.314. The molecule has 1 aromatic rings. The fourth-order valence-corrected chi connectivity index (χ4v) is 1.85. The number of benzene rings is 1. The maximum atomic E-state index is 13.4. The van der Waals surface area contributed by atoms with E-state index in [9.17, 15) is 4.39 Å². The maximum absolute atomic E-state index is 13.4. The van der Waals surface area contributed by atoms with E-state index in [1.165, 1.54) is 18.9 Å². The maximum Gasteiger partial charge on any atom is 0.166 e. The van der Waals surface area contributed by atoms with Crippen molar-refractivity contribution in [2.24, 2.45) is 0 Å². The van der Waals surface area contributed by atoms with Crippen molar-refractivity contribution in [3.8, 4) is 5.75 Å².